The van der Waals surface area contributed by atoms with Crippen molar-refractivity contribution in [1.29, 1.82) is 0 Å². The van der Waals surface area contributed by atoms with Gasteiger partial charge >= 0.3 is 0 Å². The average molecular weight is 771 g/mol. The van der Waals surface area contributed by atoms with Gasteiger partial charge in [0.1, 0.15) is 29.9 Å². The Kier molecular flexibility index (Phi) is 12.6. The number of primary amides is 1. The van der Waals surface area contributed by atoms with Crippen LogP contribution in [0.1, 0.15) is 29.2 Å². The number of H-pyrrole nitrogens is 2. The maximum absolute atomic E-state index is 14.0. The summed E-state index contributed by atoms with van der Waals surface area (Å²) in [6.45, 7) is 1.47. The maximum atomic E-state index is 14.0. The van der Waals surface area contributed by atoms with Crippen molar-refractivity contribution in [2.75, 3.05) is 0 Å². The summed E-state index contributed by atoms with van der Waals surface area (Å²) in [5.41, 5.74) is 16.7. The monoisotopic (exact) mass is 770 g/mol. The molecule has 6 aromatic rings. The van der Waals surface area contributed by atoms with E-state index in [0.717, 1.165) is 38.5 Å². The molecule has 0 fully saturated rings. The molecule has 0 spiro atoms. The van der Waals surface area contributed by atoms with Crippen LogP contribution in [0, 0.1) is 0 Å². The second kappa shape index (κ2) is 18.1. The predicted molar refractivity (Wildman–Crippen MR) is 217 cm³/mol. The Morgan fingerprint density at radius 1 is 0.561 bits per heavy atom. The van der Waals surface area contributed by atoms with Gasteiger partial charge in [-0.3, -0.25) is 24.0 Å². The first kappa shape index (κ1) is 39.8. The molecule has 0 aliphatic carbocycles. The Morgan fingerprint density at radius 3 is 1.60 bits per heavy atom. The number of aromatic hydroxyl groups is 1. The van der Waals surface area contributed by atoms with Gasteiger partial charge in [-0.2, -0.15) is 0 Å². The van der Waals surface area contributed by atoms with E-state index in [9.17, 15) is 29.1 Å². The minimum absolute atomic E-state index is 0.0528. The van der Waals surface area contributed by atoms with Crippen molar-refractivity contribution < 1.29 is 29.1 Å². The molecule has 0 bridgehead atoms. The summed E-state index contributed by atoms with van der Waals surface area (Å²) >= 11 is 0. The summed E-state index contributed by atoms with van der Waals surface area (Å²) in [5, 5.41) is 22.3. The van der Waals surface area contributed by atoms with Crippen LogP contribution in [0.5, 0.6) is 5.75 Å². The van der Waals surface area contributed by atoms with E-state index in [1.54, 1.807) is 24.5 Å². The Bertz CT molecular complexity index is 2360. The van der Waals surface area contributed by atoms with Crippen molar-refractivity contribution in [2.45, 2.75) is 62.8 Å². The first-order valence-electron chi connectivity index (χ1n) is 18.6. The summed E-state index contributed by atoms with van der Waals surface area (Å²) in [6, 6.07) is 24.9. The summed E-state index contributed by atoms with van der Waals surface area (Å²) in [4.78, 5) is 74.0. The zero-order valence-corrected chi connectivity index (χ0v) is 31.3. The average Bonchev–Trinajstić information content (AvgIpc) is 3.82. The third kappa shape index (κ3) is 10.2. The van der Waals surface area contributed by atoms with E-state index < -0.39 is 59.7 Å². The van der Waals surface area contributed by atoms with E-state index in [4.69, 9.17) is 11.5 Å². The molecule has 0 radical (unpaired) electrons. The molecule has 0 unspecified atom stereocenters. The highest BCUT2D eigenvalue weighted by molar-refractivity contribution is 5.96. The fourth-order valence-electron chi connectivity index (χ4n) is 6.74. The van der Waals surface area contributed by atoms with E-state index in [0.29, 0.717) is 5.56 Å². The normalized spacial score (nSPS) is 13.9. The fourth-order valence-corrected chi connectivity index (χ4v) is 6.74. The molecule has 0 aliphatic heterocycles. The lowest BCUT2D eigenvalue weighted by Gasteiger charge is -2.25. The van der Waals surface area contributed by atoms with Gasteiger partial charge in [0.15, 0.2) is 0 Å². The van der Waals surface area contributed by atoms with Gasteiger partial charge in [-0.1, -0.05) is 78.9 Å². The molecule has 14 heteroatoms. The van der Waals surface area contributed by atoms with E-state index in [1.807, 2.05) is 78.9 Å². The van der Waals surface area contributed by atoms with Crippen LogP contribution in [0.15, 0.2) is 116 Å². The number of carbonyl (C=O) groups is 5. The van der Waals surface area contributed by atoms with Gasteiger partial charge < -0.3 is 47.8 Å². The number of phenols is 1. The molecular weight excluding hydrogens is 725 g/mol. The van der Waals surface area contributed by atoms with Gasteiger partial charge in [0, 0.05) is 53.5 Å². The van der Waals surface area contributed by atoms with Crippen LogP contribution in [0.25, 0.3) is 21.8 Å². The molecule has 2 aromatic heterocycles. The lowest BCUT2D eigenvalue weighted by atomic mass is 10.0. The lowest BCUT2D eigenvalue weighted by molar-refractivity contribution is -0.134. The molecule has 2 heterocycles. The van der Waals surface area contributed by atoms with Gasteiger partial charge in [0.25, 0.3) is 0 Å². The molecule has 0 saturated carbocycles. The Morgan fingerprint density at radius 2 is 1.04 bits per heavy atom. The van der Waals surface area contributed by atoms with Crippen LogP contribution in [0.3, 0.4) is 0 Å². The number of phenolic OH excluding ortho intramolecular Hbond substituents is 1. The Labute approximate surface area is 328 Å². The zero-order chi connectivity index (χ0) is 40.5. The SMILES string of the molecule is C[C@H](NC(=O)[C@H](Cc1c[nH]c2ccccc12)NC(=O)[C@@H](N)Cc1ccc(O)cc1)C(=O)N[C@@H](Cc1c[nH]c2ccccc12)C(=O)N[C@H](Cc1ccccc1)C(N)=O. The molecule has 0 aliphatic rings. The molecule has 4 aromatic carbocycles. The summed E-state index contributed by atoms with van der Waals surface area (Å²) < 4.78 is 0. The molecule has 11 N–H and O–H groups in total. The van der Waals surface area contributed by atoms with Crippen molar-refractivity contribution in [3.05, 3.63) is 138 Å². The molecule has 14 nitrogen and oxygen atoms in total. The number of fused-ring (bicyclic) bond motifs is 2. The second-order valence-electron chi connectivity index (χ2n) is 14.1. The molecular formula is C43H46N8O6. The van der Waals surface area contributed by atoms with Crippen molar-refractivity contribution in [2.24, 2.45) is 11.5 Å². The highest BCUT2D eigenvalue weighted by atomic mass is 16.3. The number of benzene rings is 4. The minimum Gasteiger partial charge on any atom is -0.508 e. The molecule has 5 amide bonds. The smallest absolute Gasteiger partial charge is 0.243 e. The molecule has 6 rings (SSSR count). The van der Waals surface area contributed by atoms with Crippen molar-refractivity contribution >= 4 is 51.3 Å². The summed E-state index contributed by atoms with van der Waals surface area (Å²) in [7, 11) is 0. The number of nitrogens with two attached hydrogens (primary N) is 2. The standard InChI is InChI=1S/C43H46N8O6/c1-25(48-42(56)37(21-28-23-46-34-13-7-5-11-31(28)34)51-41(55)33(44)19-27-15-17-30(52)18-16-27)40(54)50-38(22-29-24-47-35-14-8-6-12-32(29)35)43(57)49-36(39(45)53)20-26-9-3-2-4-10-26/h2-18,23-25,33,36-38,46-47,52H,19-22,44H2,1H3,(H2,45,53)(H,48,56)(H,49,57)(H,50,54)(H,51,55)/t25-,33-,36+,37-,38-/m0/s1. The highest BCUT2D eigenvalue weighted by Gasteiger charge is 2.31. The number of hydrogen-bond acceptors (Lipinski definition) is 7. The van der Waals surface area contributed by atoms with E-state index in [2.05, 4.69) is 31.2 Å². The number of aromatic amines is 2. The number of nitrogens with one attached hydrogen (secondary N) is 6. The predicted octanol–water partition coefficient (Wildman–Crippen LogP) is 2.40. The van der Waals surface area contributed by atoms with Crippen LogP contribution < -0.4 is 32.7 Å². The van der Waals surface area contributed by atoms with Gasteiger partial charge in [0.2, 0.25) is 29.5 Å². The fraction of sp³-hybridized carbons (Fsp3) is 0.233. The van der Waals surface area contributed by atoms with Crippen LogP contribution >= 0.6 is 0 Å². The van der Waals surface area contributed by atoms with Crippen LogP contribution in [-0.2, 0) is 49.7 Å². The second-order valence-corrected chi connectivity index (χ2v) is 14.1. The number of aromatic nitrogens is 2. The highest BCUT2D eigenvalue weighted by Crippen LogP contribution is 2.21. The molecule has 5 atom stereocenters. The van der Waals surface area contributed by atoms with Gasteiger partial charge in [-0.05, 0) is 59.9 Å². The zero-order valence-electron chi connectivity index (χ0n) is 31.3. The van der Waals surface area contributed by atoms with Gasteiger partial charge in [-0.25, -0.2) is 0 Å². The Hall–Kier alpha value is -6.93. The summed E-state index contributed by atoms with van der Waals surface area (Å²) in [5.74, 6) is -3.22. The Balaban J connectivity index is 1.19. The topological polar surface area (TPSA) is 237 Å². The largest absolute Gasteiger partial charge is 0.508 e. The number of hydrogen-bond donors (Lipinski definition) is 9. The first-order valence-corrected chi connectivity index (χ1v) is 18.6. The van der Waals surface area contributed by atoms with Crippen molar-refractivity contribution in [3.8, 4) is 5.75 Å². The molecule has 57 heavy (non-hydrogen) atoms. The van der Waals surface area contributed by atoms with Crippen molar-refractivity contribution in [1.82, 2.24) is 31.2 Å². The number of para-hydroxylation sites is 2. The first-order chi connectivity index (χ1) is 27.4. The third-order valence-electron chi connectivity index (χ3n) is 9.89. The van der Waals surface area contributed by atoms with Crippen LogP contribution in [0.4, 0.5) is 0 Å². The number of rotatable bonds is 17. The summed E-state index contributed by atoms with van der Waals surface area (Å²) in [6.07, 6.45) is 3.93. The quantitative estimate of drug-likeness (QED) is 0.0671. The number of amides is 5. The van der Waals surface area contributed by atoms with E-state index in [1.165, 1.54) is 19.1 Å². The maximum Gasteiger partial charge on any atom is 0.243 e. The van der Waals surface area contributed by atoms with Crippen LogP contribution in [-0.4, -0.2) is 74.8 Å². The van der Waals surface area contributed by atoms with Gasteiger partial charge in [0.05, 0.1) is 6.04 Å². The van der Waals surface area contributed by atoms with Crippen molar-refractivity contribution in [3.63, 3.8) is 0 Å². The minimum atomic E-state index is -1.17. The van der Waals surface area contributed by atoms with E-state index in [-0.39, 0.29) is 31.4 Å². The van der Waals surface area contributed by atoms with Crippen LogP contribution in [0.2, 0.25) is 0 Å². The molecule has 0 saturated heterocycles. The molecule has 294 valence electrons. The lowest BCUT2D eigenvalue weighted by Crippen LogP contribution is -2.59. The van der Waals surface area contributed by atoms with E-state index >= 15 is 0 Å². The number of carbonyl (C=O) groups excluding carboxylic acids is 5. The third-order valence-corrected chi connectivity index (χ3v) is 9.89. The van der Waals surface area contributed by atoms with Gasteiger partial charge in [-0.15, -0.1) is 0 Å².